The Hall–Kier alpha value is -2.03. The fourth-order valence-electron chi connectivity index (χ4n) is 2.06. The van der Waals surface area contributed by atoms with E-state index in [1.54, 1.807) is 6.20 Å². The molecule has 3 nitrogen and oxygen atoms in total. The van der Waals surface area contributed by atoms with Gasteiger partial charge in [-0.1, -0.05) is 32.9 Å². The molecule has 0 bridgehead atoms. The third-order valence-electron chi connectivity index (χ3n) is 3.58. The Kier molecular flexibility index (Phi) is 5.61. The van der Waals surface area contributed by atoms with E-state index in [0.29, 0.717) is 5.92 Å². The van der Waals surface area contributed by atoms with Crippen LogP contribution >= 0.6 is 0 Å². The summed E-state index contributed by atoms with van der Waals surface area (Å²) in [6, 6.07) is 12.1. The van der Waals surface area contributed by atoms with Crippen molar-refractivity contribution in [2.45, 2.75) is 39.5 Å². The Balaban J connectivity index is 2.04. The summed E-state index contributed by atoms with van der Waals surface area (Å²) in [5.74, 6) is 3.10. The number of hydrogen-bond acceptors (Lipinski definition) is 3. The van der Waals surface area contributed by atoms with Crippen molar-refractivity contribution in [3.63, 3.8) is 0 Å². The Morgan fingerprint density at radius 1 is 1.10 bits per heavy atom. The van der Waals surface area contributed by atoms with E-state index in [4.69, 9.17) is 4.74 Å². The summed E-state index contributed by atoms with van der Waals surface area (Å²) in [5.41, 5.74) is 1.35. The minimum absolute atomic E-state index is 0.588. The van der Waals surface area contributed by atoms with Crippen LogP contribution in [0.1, 0.15) is 45.1 Å². The van der Waals surface area contributed by atoms with Gasteiger partial charge in [0.1, 0.15) is 17.3 Å². The number of anilines is 1. The summed E-state index contributed by atoms with van der Waals surface area (Å²) in [5, 5.41) is 3.26. The zero-order chi connectivity index (χ0) is 15.1. The number of hydrogen-bond donors (Lipinski definition) is 1. The Labute approximate surface area is 127 Å². The molecule has 0 aliphatic rings. The number of pyridine rings is 1. The van der Waals surface area contributed by atoms with E-state index in [0.717, 1.165) is 36.7 Å². The van der Waals surface area contributed by atoms with Crippen molar-refractivity contribution in [3.05, 3.63) is 48.2 Å². The summed E-state index contributed by atoms with van der Waals surface area (Å²) < 4.78 is 5.89. The van der Waals surface area contributed by atoms with Crippen LogP contribution in [0.4, 0.5) is 5.82 Å². The van der Waals surface area contributed by atoms with Crippen molar-refractivity contribution in [1.82, 2.24) is 4.98 Å². The summed E-state index contributed by atoms with van der Waals surface area (Å²) in [7, 11) is 0. The number of nitrogens with one attached hydrogen (secondary N) is 1. The lowest BCUT2D eigenvalue weighted by atomic mass is 9.99. The van der Waals surface area contributed by atoms with Gasteiger partial charge in [0.05, 0.1) is 0 Å². The van der Waals surface area contributed by atoms with Crippen LogP contribution < -0.4 is 10.1 Å². The van der Waals surface area contributed by atoms with Crippen LogP contribution in [0.5, 0.6) is 11.5 Å². The van der Waals surface area contributed by atoms with Crippen LogP contribution in [0, 0.1) is 0 Å². The second-order valence-electron chi connectivity index (χ2n) is 5.28. The fraction of sp³-hybridized carbons (Fsp3) is 0.389. The lowest BCUT2D eigenvalue weighted by molar-refractivity contribution is 0.482. The highest BCUT2D eigenvalue weighted by molar-refractivity contribution is 5.42. The van der Waals surface area contributed by atoms with Gasteiger partial charge < -0.3 is 10.1 Å². The number of benzene rings is 1. The maximum absolute atomic E-state index is 5.89. The monoisotopic (exact) mass is 284 g/mol. The molecule has 1 atom stereocenters. The SMILES string of the molecule is CCCNc1cc(Oc2ccc(C(C)CC)cc2)ccn1. The van der Waals surface area contributed by atoms with Gasteiger partial charge in [-0.3, -0.25) is 0 Å². The molecule has 0 saturated carbocycles. The molecule has 0 aliphatic carbocycles. The predicted octanol–water partition coefficient (Wildman–Crippen LogP) is 5.21. The van der Waals surface area contributed by atoms with Crippen molar-refractivity contribution in [2.24, 2.45) is 0 Å². The first-order valence-corrected chi connectivity index (χ1v) is 7.70. The van der Waals surface area contributed by atoms with Gasteiger partial charge in [0.2, 0.25) is 0 Å². The first-order valence-electron chi connectivity index (χ1n) is 7.70. The van der Waals surface area contributed by atoms with Crippen molar-refractivity contribution in [3.8, 4) is 11.5 Å². The smallest absolute Gasteiger partial charge is 0.132 e. The first kappa shape index (κ1) is 15.4. The second-order valence-corrected chi connectivity index (χ2v) is 5.28. The third-order valence-corrected chi connectivity index (χ3v) is 3.58. The maximum Gasteiger partial charge on any atom is 0.132 e. The van der Waals surface area contributed by atoms with Crippen LogP contribution in [-0.2, 0) is 0 Å². The highest BCUT2D eigenvalue weighted by Gasteiger charge is 2.04. The predicted molar refractivity (Wildman–Crippen MR) is 88.2 cm³/mol. The largest absolute Gasteiger partial charge is 0.457 e. The average Bonchev–Trinajstić information content (AvgIpc) is 2.53. The molecule has 0 aliphatic heterocycles. The van der Waals surface area contributed by atoms with Crippen LogP contribution in [0.25, 0.3) is 0 Å². The van der Waals surface area contributed by atoms with Crippen molar-refractivity contribution in [2.75, 3.05) is 11.9 Å². The highest BCUT2D eigenvalue weighted by Crippen LogP contribution is 2.26. The number of rotatable bonds is 7. The molecule has 2 rings (SSSR count). The Bertz CT molecular complexity index is 551. The molecule has 1 aromatic carbocycles. The molecular formula is C18H24N2O. The van der Waals surface area contributed by atoms with Gasteiger partial charge >= 0.3 is 0 Å². The molecule has 3 heteroatoms. The minimum atomic E-state index is 0.588. The van der Waals surface area contributed by atoms with Crippen molar-refractivity contribution >= 4 is 5.82 Å². The normalized spacial score (nSPS) is 12.0. The maximum atomic E-state index is 5.89. The molecule has 1 unspecified atom stereocenters. The van der Waals surface area contributed by atoms with Gasteiger partial charge in [-0.2, -0.15) is 0 Å². The molecule has 0 amide bonds. The molecule has 1 aromatic heterocycles. The summed E-state index contributed by atoms with van der Waals surface area (Å²) >= 11 is 0. The zero-order valence-corrected chi connectivity index (χ0v) is 13.1. The number of nitrogens with zero attached hydrogens (tertiary/aromatic N) is 1. The van der Waals surface area contributed by atoms with E-state index in [-0.39, 0.29) is 0 Å². The van der Waals surface area contributed by atoms with Gasteiger partial charge in [-0.15, -0.1) is 0 Å². The van der Waals surface area contributed by atoms with E-state index in [1.807, 2.05) is 24.3 Å². The molecule has 112 valence electrons. The molecule has 0 spiro atoms. The van der Waals surface area contributed by atoms with E-state index in [2.05, 4.69) is 43.2 Å². The van der Waals surface area contributed by atoms with Crippen LogP contribution in [0.15, 0.2) is 42.6 Å². The molecule has 1 heterocycles. The lowest BCUT2D eigenvalue weighted by Gasteiger charge is -2.11. The van der Waals surface area contributed by atoms with Gasteiger partial charge in [-0.05, 0) is 42.5 Å². The third kappa shape index (κ3) is 4.48. The molecule has 0 saturated heterocycles. The molecule has 2 aromatic rings. The van der Waals surface area contributed by atoms with Crippen molar-refractivity contribution in [1.29, 1.82) is 0 Å². The summed E-state index contributed by atoms with van der Waals surface area (Å²) in [6.07, 6.45) is 3.99. The first-order chi connectivity index (χ1) is 10.2. The fourth-order valence-corrected chi connectivity index (χ4v) is 2.06. The summed E-state index contributed by atoms with van der Waals surface area (Å²) in [4.78, 5) is 4.28. The van der Waals surface area contributed by atoms with Crippen LogP contribution in [-0.4, -0.2) is 11.5 Å². The summed E-state index contributed by atoms with van der Waals surface area (Å²) in [6.45, 7) is 7.49. The number of aromatic nitrogens is 1. The van der Waals surface area contributed by atoms with E-state index in [1.165, 1.54) is 5.56 Å². The molecule has 21 heavy (non-hydrogen) atoms. The van der Waals surface area contributed by atoms with E-state index < -0.39 is 0 Å². The van der Waals surface area contributed by atoms with Gasteiger partial charge in [0.15, 0.2) is 0 Å². The van der Waals surface area contributed by atoms with Crippen LogP contribution in [0.3, 0.4) is 0 Å². The topological polar surface area (TPSA) is 34.1 Å². The Morgan fingerprint density at radius 2 is 1.86 bits per heavy atom. The van der Waals surface area contributed by atoms with E-state index in [9.17, 15) is 0 Å². The molecule has 0 radical (unpaired) electrons. The van der Waals surface area contributed by atoms with Gasteiger partial charge in [-0.25, -0.2) is 4.98 Å². The second kappa shape index (κ2) is 7.67. The van der Waals surface area contributed by atoms with E-state index >= 15 is 0 Å². The van der Waals surface area contributed by atoms with Gasteiger partial charge in [0.25, 0.3) is 0 Å². The average molecular weight is 284 g/mol. The minimum Gasteiger partial charge on any atom is -0.457 e. The van der Waals surface area contributed by atoms with Crippen molar-refractivity contribution < 1.29 is 4.74 Å². The quantitative estimate of drug-likeness (QED) is 0.758. The molecular weight excluding hydrogens is 260 g/mol. The molecule has 1 N–H and O–H groups in total. The highest BCUT2D eigenvalue weighted by atomic mass is 16.5. The standard InChI is InChI=1S/C18H24N2O/c1-4-11-19-18-13-17(10-12-20-18)21-16-8-6-15(7-9-16)14(3)5-2/h6-10,12-14H,4-5,11H2,1-3H3,(H,19,20). The number of ether oxygens (including phenoxy) is 1. The Morgan fingerprint density at radius 3 is 2.52 bits per heavy atom. The zero-order valence-electron chi connectivity index (χ0n) is 13.1. The van der Waals surface area contributed by atoms with Crippen LogP contribution in [0.2, 0.25) is 0 Å². The van der Waals surface area contributed by atoms with Gasteiger partial charge in [0, 0.05) is 18.8 Å². The molecule has 0 fully saturated rings. The lowest BCUT2D eigenvalue weighted by Crippen LogP contribution is -2.01.